The maximum Gasteiger partial charge on any atom is 0.315 e. The molecule has 0 radical (unpaired) electrons. The lowest BCUT2D eigenvalue weighted by Crippen LogP contribution is -2.35. The van der Waals surface area contributed by atoms with Gasteiger partial charge in [0.1, 0.15) is 28.7 Å². The van der Waals surface area contributed by atoms with Crippen LogP contribution >= 0.6 is 0 Å². The zero-order valence-corrected chi connectivity index (χ0v) is 19.7. The summed E-state index contributed by atoms with van der Waals surface area (Å²) in [7, 11) is -4.09. The van der Waals surface area contributed by atoms with Crippen molar-refractivity contribution < 1.29 is 26.8 Å². The molecule has 3 heterocycles. The van der Waals surface area contributed by atoms with Crippen LogP contribution in [0.2, 0.25) is 0 Å². The lowest BCUT2D eigenvalue weighted by molar-refractivity contribution is 0.128. The molecule has 4 aromatic rings. The molecule has 0 spiro atoms. The Morgan fingerprint density at radius 2 is 1.61 bits per heavy atom. The number of aromatic hydroxyl groups is 1. The minimum Gasteiger partial charge on any atom is -0.508 e. The summed E-state index contributed by atoms with van der Waals surface area (Å²) in [5, 5.41) is 8.83. The fraction of sp³-hybridized carbons (Fsp3) is 0.148. The van der Waals surface area contributed by atoms with Gasteiger partial charge in [-0.1, -0.05) is 24.3 Å². The van der Waals surface area contributed by atoms with E-state index in [1.54, 1.807) is 36.8 Å². The van der Waals surface area contributed by atoms with E-state index in [-0.39, 0.29) is 17.9 Å². The molecule has 2 aliphatic heterocycles. The summed E-state index contributed by atoms with van der Waals surface area (Å²) >= 11 is 0. The molecule has 9 heteroatoms. The molecule has 2 aliphatic rings. The Morgan fingerprint density at radius 3 is 2.28 bits per heavy atom. The Bertz CT molecular complexity index is 1530. The van der Waals surface area contributed by atoms with Gasteiger partial charge in [-0.05, 0) is 70.8 Å². The Hall–Kier alpha value is -3.95. The molecule has 182 valence electrons. The van der Waals surface area contributed by atoms with Crippen molar-refractivity contribution in [3.05, 3.63) is 108 Å². The van der Waals surface area contributed by atoms with E-state index in [9.17, 15) is 17.9 Å². The third-order valence-electron chi connectivity index (χ3n) is 6.55. The zero-order chi connectivity index (χ0) is 24.9. The predicted molar refractivity (Wildman–Crippen MR) is 131 cm³/mol. The summed E-state index contributed by atoms with van der Waals surface area (Å²) in [6.45, 7) is 0. The van der Waals surface area contributed by atoms with E-state index in [0.717, 1.165) is 40.1 Å². The predicted octanol–water partition coefficient (Wildman–Crippen LogP) is 4.58. The Balaban J connectivity index is 1.40. The van der Waals surface area contributed by atoms with Gasteiger partial charge in [0.2, 0.25) is 0 Å². The standard InChI is InChI=1S/C27H21FN2O5S/c28-19-5-11-22(12-6-19)35-36(32,33)24-15-23-25(17-3-9-21(31)10-4-17)26(27(24)34-23)18-1-7-20(8-2-18)30-14-13-29-16-30/h1-14,16,23-24,27,31H,15H2. The molecule has 36 heavy (non-hydrogen) atoms. The summed E-state index contributed by atoms with van der Waals surface area (Å²) in [5.41, 5.74) is 4.25. The average molecular weight is 505 g/mol. The van der Waals surface area contributed by atoms with Crippen molar-refractivity contribution >= 4 is 21.3 Å². The van der Waals surface area contributed by atoms with Crippen LogP contribution in [-0.2, 0) is 14.9 Å². The third-order valence-corrected chi connectivity index (χ3v) is 8.15. The Morgan fingerprint density at radius 1 is 0.944 bits per heavy atom. The molecule has 0 saturated carbocycles. The van der Waals surface area contributed by atoms with E-state index in [0.29, 0.717) is 0 Å². The van der Waals surface area contributed by atoms with E-state index >= 15 is 0 Å². The molecular weight excluding hydrogens is 483 g/mol. The van der Waals surface area contributed by atoms with Crippen molar-refractivity contribution in [1.82, 2.24) is 9.55 Å². The van der Waals surface area contributed by atoms with Gasteiger partial charge in [-0.15, -0.1) is 0 Å². The van der Waals surface area contributed by atoms with Crippen molar-refractivity contribution in [3.63, 3.8) is 0 Å². The number of ether oxygens (including phenoxy) is 1. The fourth-order valence-corrected chi connectivity index (χ4v) is 6.32. The van der Waals surface area contributed by atoms with E-state index in [1.165, 1.54) is 12.1 Å². The number of aromatic nitrogens is 2. The molecule has 3 aromatic carbocycles. The summed E-state index contributed by atoms with van der Waals surface area (Å²) in [5.74, 6) is -0.290. The summed E-state index contributed by atoms with van der Waals surface area (Å²) < 4.78 is 53.3. The molecule has 3 unspecified atom stereocenters. The number of halogens is 1. The molecule has 1 N–H and O–H groups in total. The number of hydrogen-bond acceptors (Lipinski definition) is 6. The highest BCUT2D eigenvalue weighted by Gasteiger charge is 2.53. The SMILES string of the molecule is O=S(=O)(Oc1ccc(F)cc1)C1CC2OC1C(c1ccc(-n3ccnc3)cc1)=C2c1ccc(O)cc1. The van der Waals surface area contributed by atoms with Gasteiger partial charge in [-0.3, -0.25) is 0 Å². The highest BCUT2D eigenvalue weighted by Crippen LogP contribution is 2.51. The van der Waals surface area contributed by atoms with E-state index < -0.39 is 33.4 Å². The first-order chi connectivity index (χ1) is 17.4. The van der Waals surface area contributed by atoms with E-state index in [2.05, 4.69) is 4.98 Å². The van der Waals surface area contributed by atoms with Crippen LogP contribution < -0.4 is 4.18 Å². The first kappa shape index (κ1) is 22.5. The fourth-order valence-electron chi connectivity index (χ4n) is 4.90. The Labute approximate surface area is 207 Å². The number of phenolic OH excluding ortho intramolecular Hbond substituents is 1. The largest absolute Gasteiger partial charge is 0.508 e. The second-order valence-corrected chi connectivity index (χ2v) is 10.5. The van der Waals surface area contributed by atoms with Crippen LogP contribution in [0, 0.1) is 5.82 Å². The maximum atomic E-state index is 13.3. The molecule has 1 fully saturated rings. The number of hydrogen-bond donors (Lipinski definition) is 1. The smallest absolute Gasteiger partial charge is 0.315 e. The summed E-state index contributed by atoms with van der Waals surface area (Å²) in [6.07, 6.45) is 4.25. The van der Waals surface area contributed by atoms with Crippen LogP contribution in [0.3, 0.4) is 0 Å². The Kier molecular flexibility index (Phi) is 5.39. The third kappa shape index (κ3) is 3.96. The maximum absolute atomic E-state index is 13.3. The van der Waals surface area contributed by atoms with Crippen LogP contribution in [0.15, 0.2) is 91.5 Å². The number of benzene rings is 3. The van der Waals surface area contributed by atoms with Crippen LogP contribution in [0.1, 0.15) is 17.5 Å². The van der Waals surface area contributed by atoms with Gasteiger partial charge in [-0.2, -0.15) is 8.42 Å². The number of nitrogens with zero attached hydrogens (tertiary/aromatic N) is 2. The average Bonchev–Trinajstić information content (AvgIpc) is 3.63. The summed E-state index contributed by atoms with van der Waals surface area (Å²) in [4.78, 5) is 4.08. The van der Waals surface area contributed by atoms with Gasteiger partial charge >= 0.3 is 10.1 Å². The van der Waals surface area contributed by atoms with Crippen LogP contribution in [0.4, 0.5) is 4.39 Å². The number of imidazole rings is 1. The molecular formula is C27H21FN2O5S. The molecule has 6 rings (SSSR count). The van der Waals surface area contributed by atoms with Gasteiger partial charge in [0, 0.05) is 24.5 Å². The molecule has 0 aliphatic carbocycles. The van der Waals surface area contributed by atoms with Crippen LogP contribution in [0.5, 0.6) is 11.5 Å². The zero-order valence-electron chi connectivity index (χ0n) is 18.9. The monoisotopic (exact) mass is 504 g/mol. The van der Waals surface area contributed by atoms with Gasteiger partial charge in [-0.25, -0.2) is 9.37 Å². The number of rotatable bonds is 6. The molecule has 7 nitrogen and oxygen atoms in total. The second kappa shape index (κ2) is 8.61. The lowest BCUT2D eigenvalue weighted by atomic mass is 9.83. The summed E-state index contributed by atoms with van der Waals surface area (Å²) in [6, 6.07) is 19.4. The molecule has 1 saturated heterocycles. The van der Waals surface area contributed by atoms with Gasteiger partial charge < -0.3 is 18.6 Å². The van der Waals surface area contributed by atoms with Crippen molar-refractivity contribution in [2.24, 2.45) is 0 Å². The first-order valence-corrected chi connectivity index (χ1v) is 12.8. The van der Waals surface area contributed by atoms with Gasteiger partial charge in [0.15, 0.2) is 0 Å². The van der Waals surface area contributed by atoms with E-state index in [1.807, 2.05) is 35.0 Å². The van der Waals surface area contributed by atoms with Crippen molar-refractivity contribution in [1.29, 1.82) is 0 Å². The van der Waals surface area contributed by atoms with Crippen LogP contribution in [-0.4, -0.2) is 40.5 Å². The van der Waals surface area contributed by atoms with Crippen molar-refractivity contribution in [2.75, 3.05) is 0 Å². The minimum absolute atomic E-state index is 0.0492. The highest BCUT2D eigenvalue weighted by molar-refractivity contribution is 7.87. The van der Waals surface area contributed by atoms with Crippen LogP contribution in [0.25, 0.3) is 16.8 Å². The number of fused-ring (bicyclic) bond motifs is 2. The molecule has 1 aromatic heterocycles. The van der Waals surface area contributed by atoms with E-state index in [4.69, 9.17) is 8.92 Å². The highest BCUT2D eigenvalue weighted by atomic mass is 32.2. The molecule has 0 amide bonds. The van der Waals surface area contributed by atoms with Crippen molar-refractivity contribution in [2.45, 2.75) is 23.9 Å². The normalized spacial score (nSPS) is 21.2. The lowest BCUT2D eigenvalue weighted by Gasteiger charge is -2.25. The van der Waals surface area contributed by atoms with Gasteiger partial charge in [0.05, 0.1) is 12.4 Å². The van der Waals surface area contributed by atoms with Gasteiger partial charge in [0.25, 0.3) is 0 Å². The molecule has 3 atom stereocenters. The topological polar surface area (TPSA) is 90.7 Å². The molecule has 2 bridgehead atoms. The second-order valence-electron chi connectivity index (χ2n) is 8.74. The van der Waals surface area contributed by atoms with Crippen molar-refractivity contribution in [3.8, 4) is 17.2 Å². The first-order valence-electron chi connectivity index (χ1n) is 11.4. The number of phenols is 1. The minimum atomic E-state index is -4.09. The quantitative estimate of drug-likeness (QED) is 0.387.